The van der Waals surface area contributed by atoms with Crippen molar-refractivity contribution in [3.8, 4) is 0 Å². The molecular weight excluding hydrogens is 405 g/mol. The van der Waals surface area contributed by atoms with Gasteiger partial charge in [-0.15, -0.1) is 0 Å². The number of hydrogen-bond donors (Lipinski definition) is 1. The topological polar surface area (TPSA) is 66.5 Å². The smallest absolute Gasteiger partial charge is 0.337 e. The van der Waals surface area contributed by atoms with Gasteiger partial charge in [0.1, 0.15) is 0 Å². The molecule has 0 saturated carbocycles. The van der Waals surface area contributed by atoms with Crippen LogP contribution in [0.4, 0.5) is 13.2 Å². The number of sulfonamides is 1. The third-order valence-corrected chi connectivity index (χ3v) is 6.03. The third kappa shape index (κ3) is 6.04. The lowest BCUT2D eigenvalue weighted by atomic mass is 10.1. The van der Waals surface area contributed by atoms with Gasteiger partial charge in [0.15, 0.2) is 0 Å². The fourth-order valence-corrected chi connectivity index (χ4v) is 3.88. The Kier molecular flexibility index (Phi) is 7.07. The number of nitrogens with zero attached hydrogens (tertiary/aromatic N) is 1. The standard InChI is InChI=1S/C20H23F3N2O3S/c1-4-14(2)24-29(27,28)18-11-7-16(8-12-18)19(26)25(3)13-15-5-9-17(10-6-15)20(21,22)23/h5-12,14,24H,4,13H2,1-3H3. The first-order valence-corrected chi connectivity index (χ1v) is 10.5. The van der Waals surface area contributed by atoms with Gasteiger partial charge in [0.25, 0.3) is 5.91 Å². The van der Waals surface area contributed by atoms with Gasteiger partial charge < -0.3 is 4.90 Å². The molecule has 9 heteroatoms. The summed E-state index contributed by atoms with van der Waals surface area (Å²) in [6.07, 6.45) is -3.77. The lowest BCUT2D eigenvalue weighted by Gasteiger charge is -2.18. The molecule has 2 aromatic carbocycles. The highest BCUT2D eigenvalue weighted by molar-refractivity contribution is 7.89. The Morgan fingerprint density at radius 1 is 1.07 bits per heavy atom. The summed E-state index contributed by atoms with van der Waals surface area (Å²) < 4.78 is 65.0. The number of benzene rings is 2. The van der Waals surface area contributed by atoms with E-state index in [0.29, 0.717) is 12.0 Å². The summed E-state index contributed by atoms with van der Waals surface area (Å²) in [4.78, 5) is 13.9. The van der Waals surface area contributed by atoms with Crippen LogP contribution in [0.3, 0.4) is 0 Å². The van der Waals surface area contributed by atoms with Crippen molar-refractivity contribution in [2.45, 2.75) is 43.9 Å². The van der Waals surface area contributed by atoms with Crippen molar-refractivity contribution in [1.82, 2.24) is 9.62 Å². The zero-order valence-electron chi connectivity index (χ0n) is 16.3. The lowest BCUT2D eigenvalue weighted by molar-refractivity contribution is -0.137. The van der Waals surface area contributed by atoms with Crippen molar-refractivity contribution in [3.05, 3.63) is 65.2 Å². The van der Waals surface area contributed by atoms with Gasteiger partial charge in [-0.25, -0.2) is 13.1 Å². The summed E-state index contributed by atoms with van der Waals surface area (Å²) in [5, 5.41) is 0. The van der Waals surface area contributed by atoms with Gasteiger partial charge in [0.2, 0.25) is 10.0 Å². The normalized spacial score (nSPS) is 13.2. The van der Waals surface area contributed by atoms with Crippen LogP contribution in [-0.2, 0) is 22.7 Å². The lowest BCUT2D eigenvalue weighted by Crippen LogP contribution is -2.32. The molecule has 2 rings (SSSR count). The highest BCUT2D eigenvalue weighted by Crippen LogP contribution is 2.29. The maximum absolute atomic E-state index is 12.6. The molecule has 0 bridgehead atoms. The van der Waals surface area contributed by atoms with E-state index < -0.39 is 21.8 Å². The Balaban J connectivity index is 2.08. The first kappa shape index (κ1) is 22.9. The predicted octanol–water partition coefficient (Wildman–Crippen LogP) is 4.05. The molecule has 0 heterocycles. The van der Waals surface area contributed by atoms with E-state index in [2.05, 4.69) is 4.72 Å². The van der Waals surface area contributed by atoms with Crippen molar-refractivity contribution in [2.75, 3.05) is 7.05 Å². The van der Waals surface area contributed by atoms with E-state index in [-0.39, 0.29) is 29.0 Å². The molecule has 0 spiro atoms. The summed E-state index contributed by atoms with van der Waals surface area (Å²) in [6.45, 7) is 3.74. The largest absolute Gasteiger partial charge is 0.416 e. The second-order valence-electron chi connectivity index (χ2n) is 6.81. The van der Waals surface area contributed by atoms with E-state index in [1.807, 2.05) is 6.92 Å². The van der Waals surface area contributed by atoms with Gasteiger partial charge in [-0.3, -0.25) is 4.79 Å². The molecular formula is C20H23F3N2O3S. The Labute approximate surface area is 168 Å². The molecule has 0 fully saturated rings. The van der Waals surface area contributed by atoms with E-state index >= 15 is 0 Å². The summed E-state index contributed by atoms with van der Waals surface area (Å²) in [7, 11) is -2.14. The predicted molar refractivity (Wildman–Crippen MR) is 104 cm³/mol. The number of hydrogen-bond acceptors (Lipinski definition) is 3. The molecule has 29 heavy (non-hydrogen) atoms. The number of alkyl halides is 3. The quantitative estimate of drug-likeness (QED) is 0.724. The van der Waals surface area contributed by atoms with Crippen LogP contribution in [-0.4, -0.2) is 32.3 Å². The number of carbonyl (C=O) groups is 1. The highest BCUT2D eigenvalue weighted by atomic mass is 32.2. The van der Waals surface area contributed by atoms with Gasteiger partial charge in [-0.05, 0) is 55.3 Å². The van der Waals surface area contributed by atoms with Gasteiger partial charge in [-0.1, -0.05) is 19.1 Å². The Bertz CT molecular complexity index is 940. The summed E-state index contributed by atoms with van der Waals surface area (Å²) in [5.41, 5.74) is 0.0748. The number of halogens is 3. The Hall–Kier alpha value is -2.39. The van der Waals surface area contributed by atoms with Crippen LogP contribution < -0.4 is 4.72 Å². The fourth-order valence-electron chi connectivity index (χ4n) is 2.56. The minimum Gasteiger partial charge on any atom is -0.337 e. The average molecular weight is 428 g/mol. The number of rotatable bonds is 7. The van der Waals surface area contributed by atoms with E-state index in [9.17, 15) is 26.4 Å². The second-order valence-corrected chi connectivity index (χ2v) is 8.52. The third-order valence-electron chi connectivity index (χ3n) is 4.43. The summed E-state index contributed by atoms with van der Waals surface area (Å²) >= 11 is 0. The van der Waals surface area contributed by atoms with Gasteiger partial charge in [0.05, 0.1) is 10.5 Å². The molecule has 1 unspecified atom stereocenters. The monoisotopic (exact) mass is 428 g/mol. The van der Waals surface area contributed by atoms with Crippen LogP contribution in [0.25, 0.3) is 0 Å². The minimum absolute atomic E-state index is 0.0553. The van der Waals surface area contributed by atoms with Crippen LogP contribution in [0.2, 0.25) is 0 Å². The highest BCUT2D eigenvalue weighted by Gasteiger charge is 2.30. The molecule has 0 aliphatic rings. The fraction of sp³-hybridized carbons (Fsp3) is 0.350. The van der Waals surface area contributed by atoms with E-state index in [1.165, 1.54) is 48.3 Å². The van der Waals surface area contributed by atoms with Crippen molar-refractivity contribution < 1.29 is 26.4 Å². The van der Waals surface area contributed by atoms with Crippen LogP contribution in [0, 0.1) is 0 Å². The van der Waals surface area contributed by atoms with Crippen LogP contribution in [0.15, 0.2) is 53.4 Å². The maximum atomic E-state index is 12.6. The Morgan fingerprint density at radius 3 is 2.10 bits per heavy atom. The van der Waals surface area contributed by atoms with E-state index in [0.717, 1.165) is 12.1 Å². The van der Waals surface area contributed by atoms with Crippen LogP contribution >= 0.6 is 0 Å². The second kappa shape index (κ2) is 8.96. The zero-order chi connectivity index (χ0) is 21.8. The SMILES string of the molecule is CCC(C)NS(=O)(=O)c1ccc(C(=O)N(C)Cc2ccc(C(F)(F)F)cc2)cc1. The molecule has 0 saturated heterocycles. The van der Waals surface area contributed by atoms with Crippen LogP contribution in [0.5, 0.6) is 0 Å². The van der Waals surface area contributed by atoms with E-state index in [1.54, 1.807) is 6.92 Å². The molecule has 158 valence electrons. The molecule has 0 aliphatic carbocycles. The average Bonchev–Trinajstić information content (AvgIpc) is 2.66. The van der Waals surface area contributed by atoms with Gasteiger partial charge in [-0.2, -0.15) is 13.2 Å². The molecule has 5 nitrogen and oxygen atoms in total. The van der Waals surface area contributed by atoms with Crippen molar-refractivity contribution in [3.63, 3.8) is 0 Å². The van der Waals surface area contributed by atoms with Crippen LogP contribution in [0.1, 0.15) is 41.8 Å². The van der Waals surface area contributed by atoms with Crippen molar-refractivity contribution in [2.24, 2.45) is 0 Å². The maximum Gasteiger partial charge on any atom is 0.416 e. The molecule has 1 amide bonds. The van der Waals surface area contributed by atoms with Gasteiger partial charge in [0, 0.05) is 25.2 Å². The minimum atomic E-state index is -4.41. The molecule has 0 aromatic heterocycles. The zero-order valence-corrected chi connectivity index (χ0v) is 17.1. The molecule has 0 aliphatic heterocycles. The summed E-state index contributed by atoms with van der Waals surface area (Å²) in [6, 6.07) is 9.90. The molecule has 2 aromatic rings. The summed E-state index contributed by atoms with van der Waals surface area (Å²) in [5.74, 6) is -0.372. The Morgan fingerprint density at radius 2 is 1.62 bits per heavy atom. The molecule has 1 atom stereocenters. The molecule has 0 radical (unpaired) electrons. The first-order chi connectivity index (χ1) is 13.4. The first-order valence-electron chi connectivity index (χ1n) is 8.98. The number of amides is 1. The van der Waals surface area contributed by atoms with Crippen molar-refractivity contribution >= 4 is 15.9 Å². The number of nitrogens with one attached hydrogen (secondary N) is 1. The molecule has 1 N–H and O–H groups in total. The van der Waals surface area contributed by atoms with E-state index in [4.69, 9.17) is 0 Å². The number of carbonyl (C=O) groups excluding carboxylic acids is 1. The van der Waals surface area contributed by atoms with Crippen molar-refractivity contribution in [1.29, 1.82) is 0 Å². The van der Waals surface area contributed by atoms with Gasteiger partial charge >= 0.3 is 6.18 Å².